The lowest BCUT2D eigenvalue weighted by Crippen LogP contribution is -2.39. The predicted molar refractivity (Wildman–Crippen MR) is 75.3 cm³/mol. The molecule has 1 amide bonds. The average molecular weight is 283 g/mol. The van der Waals surface area contributed by atoms with Crippen molar-refractivity contribution in [1.29, 1.82) is 0 Å². The van der Waals surface area contributed by atoms with Crippen LogP contribution in [0.5, 0.6) is 0 Å². The molecule has 106 valence electrons. The van der Waals surface area contributed by atoms with Crippen molar-refractivity contribution in [2.24, 2.45) is 0 Å². The van der Waals surface area contributed by atoms with E-state index in [0.29, 0.717) is 13.1 Å². The predicted octanol–water partition coefficient (Wildman–Crippen LogP) is 2.81. The van der Waals surface area contributed by atoms with Crippen LogP contribution in [0.2, 0.25) is 0 Å². The molecule has 5 nitrogen and oxygen atoms in total. The Bertz CT molecular complexity index is 465. The van der Waals surface area contributed by atoms with Gasteiger partial charge in [0, 0.05) is 24.2 Å². The van der Waals surface area contributed by atoms with Crippen molar-refractivity contribution < 1.29 is 9.53 Å². The molecular formula is C13H21N3O2S. The van der Waals surface area contributed by atoms with E-state index < -0.39 is 5.60 Å². The Morgan fingerprint density at radius 3 is 2.89 bits per heavy atom. The fourth-order valence-electron chi connectivity index (χ4n) is 2.01. The van der Waals surface area contributed by atoms with E-state index in [0.717, 1.165) is 28.5 Å². The second-order valence-corrected chi connectivity index (χ2v) is 6.82. The summed E-state index contributed by atoms with van der Waals surface area (Å²) >= 11 is 1.70. The highest BCUT2D eigenvalue weighted by Gasteiger charge is 2.28. The van der Waals surface area contributed by atoms with Crippen molar-refractivity contribution in [2.45, 2.75) is 51.3 Å². The van der Waals surface area contributed by atoms with E-state index >= 15 is 0 Å². The molecule has 2 rings (SSSR count). The summed E-state index contributed by atoms with van der Waals surface area (Å²) in [5, 5.41) is 8.39. The molecule has 0 atom stereocenters. The lowest BCUT2D eigenvalue weighted by molar-refractivity contribution is 0.0222. The molecule has 0 saturated carbocycles. The summed E-state index contributed by atoms with van der Waals surface area (Å²) in [7, 11) is 0. The second kappa shape index (κ2) is 5.45. The molecule has 1 aliphatic heterocycles. The van der Waals surface area contributed by atoms with Gasteiger partial charge in [0.15, 0.2) is 0 Å². The van der Waals surface area contributed by atoms with Crippen LogP contribution in [0.3, 0.4) is 0 Å². The molecule has 19 heavy (non-hydrogen) atoms. The maximum atomic E-state index is 12.1. The number of nitrogens with zero attached hydrogens (tertiary/aromatic N) is 2. The molecular weight excluding hydrogens is 262 g/mol. The van der Waals surface area contributed by atoms with Crippen molar-refractivity contribution in [3.8, 4) is 0 Å². The summed E-state index contributed by atoms with van der Waals surface area (Å²) in [6, 6.07) is 0. The van der Waals surface area contributed by atoms with Gasteiger partial charge < -0.3 is 9.64 Å². The Labute approximate surface area is 118 Å². The zero-order valence-electron chi connectivity index (χ0n) is 11.9. The lowest BCUT2D eigenvalue weighted by atomic mass is 10.1. The van der Waals surface area contributed by atoms with Crippen LogP contribution >= 0.6 is 11.8 Å². The third-order valence-electron chi connectivity index (χ3n) is 2.83. The van der Waals surface area contributed by atoms with E-state index in [1.165, 1.54) is 0 Å². The van der Waals surface area contributed by atoms with E-state index in [2.05, 4.69) is 17.1 Å². The van der Waals surface area contributed by atoms with E-state index in [4.69, 9.17) is 4.74 Å². The smallest absolute Gasteiger partial charge is 0.410 e. The van der Waals surface area contributed by atoms with Crippen LogP contribution in [-0.2, 0) is 17.7 Å². The fourth-order valence-corrected chi connectivity index (χ4v) is 2.75. The van der Waals surface area contributed by atoms with Crippen LogP contribution in [0, 0.1) is 0 Å². The molecule has 2 heterocycles. The Morgan fingerprint density at radius 1 is 1.53 bits per heavy atom. The van der Waals surface area contributed by atoms with Crippen LogP contribution in [0.1, 0.15) is 39.0 Å². The maximum Gasteiger partial charge on any atom is 0.410 e. The first kappa shape index (κ1) is 14.2. The minimum atomic E-state index is -0.450. The number of rotatable bonds is 2. The number of ether oxygens (including phenoxy) is 1. The molecule has 0 unspecified atom stereocenters. The molecule has 1 N–H and O–H groups in total. The SMILES string of the molecule is CCSc1n[nH]c2c1CN(C(=O)OC(C)(C)C)CC2. The normalized spacial score (nSPS) is 15.3. The number of aromatic amines is 1. The minimum Gasteiger partial charge on any atom is -0.444 e. The van der Waals surface area contributed by atoms with Crippen LogP contribution in [0.25, 0.3) is 0 Å². The highest BCUT2D eigenvalue weighted by Crippen LogP contribution is 2.28. The maximum absolute atomic E-state index is 12.1. The third-order valence-corrected chi connectivity index (χ3v) is 3.73. The minimum absolute atomic E-state index is 0.244. The largest absolute Gasteiger partial charge is 0.444 e. The molecule has 0 saturated heterocycles. The molecule has 0 aliphatic carbocycles. The van der Waals surface area contributed by atoms with Crippen molar-refractivity contribution in [1.82, 2.24) is 15.1 Å². The van der Waals surface area contributed by atoms with Gasteiger partial charge in [0.2, 0.25) is 0 Å². The van der Waals surface area contributed by atoms with Crippen LogP contribution < -0.4 is 0 Å². The number of H-pyrrole nitrogens is 1. The summed E-state index contributed by atoms with van der Waals surface area (Å²) in [5.41, 5.74) is 1.84. The van der Waals surface area contributed by atoms with E-state index in [1.54, 1.807) is 16.7 Å². The summed E-state index contributed by atoms with van der Waals surface area (Å²) < 4.78 is 5.42. The monoisotopic (exact) mass is 283 g/mol. The highest BCUT2D eigenvalue weighted by atomic mass is 32.2. The zero-order chi connectivity index (χ0) is 14.0. The van der Waals surface area contributed by atoms with Crippen molar-refractivity contribution in [3.63, 3.8) is 0 Å². The number of aromatic nitrogens is 2. The standard InChI is InChI=1S/C13H21N3O2S/c1-5-19-11-9-8-16(7-6-10(9)14-15-11)12(17)18-13(2,3)4/h5-8H2,1-4H3,(H,14,15). The van der Waals surface area contributed by atoms with Gasteiger partial charge in [-0.1, -0.05) is 6.92 Å². The Balaban J connectivity index is 2.08. The van der Waals surface area contributed by atoms with Gasteiger partial charge in [-0.2, -0.15) is 5.10 Å². The zero-order valence-corrected chi connectivity index (χ0v) is 12.8. The van der Waals surface area contributed by atoms with Crippen molar-refractivity contribution >= 4 is 17.9 Å². The summed E-state index contributed by atoms with van der Waals surface area (Å²) in [5.74, 6) is 0.976. The average Bonchev–Trinajstić information content (AvgIpc) is 2.70. The van der Waals surface area contributed by atoms with Crippen LogP contribution in [0.4, 0.5) is 4.79 Å². The number of fused-ring (bicyclic) bond motifs is 1. The van der Waals surface area contributed by atoms with Crippen LogP contribution in [-0.4, -0.2) is 39.1 Å². The van der Waals surface area contributed by atoms with Gasteiger partial charge in [-0.15, -0.1) is 11.8 Å². The Hall–Kier alpha value is -1.17. The van der Waals surface area contributed by atoms with Crippen molar-refractivity contribution in [2.75, 3.05) is 12.3 Å². The molecule has 6 heteroatoms. The molecule has 0 spiro atoms. The molecule has 1 aliphatic rings. The molecule has 0 aromatic carbocycles. The van der Waals surface area contributed by atoms with Gasteiger partial charge >= 0.3 is 6.09 Å². The molecule has 0 bridgehead atoms. The fraction of sp³-hybridized carbons (Fsp3) is 0.692. The summed E-state index contributed by atoms with van der Waals surface area (Å²) in [4.78, 5) is 13.8. The van der Waals surface area contributed by atoms with E-state index in [-0.39, 0.29) is 6.09 Å². The highest BCUT2D eigenvalue weighted by molar-refractivity contribution is 7.99. The summed E-state index contributed by atoms with van der Waals surface area (Å²) in [6.07, 6.45) is 0.568. The number of hydrogen-bond acceptors (Lipinski definition) is 4. The molecule has 0 fully saturated rings. The third kappa shape index (κ3) is 3.43. The van der Waals surface area contributed by atoms with Gasteiger partial charge in [0.25, 0.3) is 0 Å². The Morgan fingerprint density at radius 2 is 2.26 bits per heavy atom. The molecule has 1 aromatic heterocycles. The Kier molecular flexibility index (Phi) is 4.08. The van der Waals surface area contributed by atoms with Crippen LogP contribution in [0.15, 0.2) is 5.03 Å². The van der Waals surface area contributed by atoms with Gasteiger partial charge in [-0.3, -0.25) is 5.10 Å². The van der Waals surface area contributed by atoms with Gasteiger partial charge in [0.05, 0.1) is 6.54 Å². The second-order valence-electron chi connectivity index (χ2n) is 5.57. The number of carbonyl (C=O) groups excluding carboxylic acids is 1. The molecule has 0 radical (unpaired) electrons. The molecule has 1 aromatic rings. The topological polar surface area (TPSA) is 58.2 Å². The number of nitrogens with one attached hydrogen (secondary N) is 1. The first-order chi connectivity index (χ1) is 8.90. The number of carbonyl (C=O) groups is 1. The summed E-state index contributed by atoms with van der Waals surface area (Å²) in [6.45, 7) is 9.02. The number of thioether (sulfide) groups is 1. The number of hydrogen-bond donors (Lipinski definition) is 1. The first-order valence-corrected chi connectivity index (χ1v) is 7.56. The van der Waals surface area contributed by atoms with E-state index in [1.807, 2.05) is 20.8 Å². The number of amides is 1. The quantitative estimate of drug-likeness (QED) is 0.848. The van der Waals surface area contributed by atoms with Gasteiger partial charge in [0.1, 0.15) is 10.6 Å². The first-order valence-electron chi connectivity index (χ1n) is 6.57. The van der Waals surface area contributed by atoms with Crippen molar-refractivity contribution in [3.05, 3.63) is 11.3 Å². The lowest BCUT2D eigenvalue weighted by Gasteiger charge is -2.30. The van der Waals surface area contributed by atoms with Gasteiger partial charge in [-0.25, -0.2) is 4.79 Å². The van der Waals surface area contributed by atoms with E-state index in [9.17, 15) is 4.79 Å². The van der Waals surface area contributed by atoms with Gasteiger partial charge in [-0.05, 0) is 26.5 Å².